The van der Waals surface area contributed by atoms with Gasteiger partial charge in [0.25, 0.3) is 6.02 Å². The lowest BCUT2D eigenvalue weighted by molar-refractivity contribution is -0.143. The summed E-state index contributed by atoms with van der Waals surface area (Å²) in [5.74, 6) is 0.411. The third-order valence-electron chi connectivity index (χ3n) is 6.07. The summed E-state index contributed by atoms with van der Waals surface area (Å²) < 4.78 is 65.2. The van der Waals surface area contributed by atoms with Gasteiger partial charge in [0, 0.05) is 6.54 Å². The van der Waals surface area contributed by atoms with Gasteiger partial charge >= 0.3 is 6.18 Å². The molecular weight excluding hydrogens is 438 g/mol. The fraction of sp³-hybridized carbons (Fsp3) is 0.458. The van der Waals surface area contributed by atoms with Gasteiger partial charge in [-0.25, -0.2) is 9.38 Å². The van der Waals surface area contributed by atoms with Gasteiger partial charge in [-0.05, 0) is 61.7 Å². The van der Waals surface area contributed by atoms with Crippen LogP contribution in [0.15, 0.2) is 53.5 Å². The van der Waals surface area contributed by atoms with Crippen molar-refractivity contribution in [2.45, 2.75) is 31.6 Å². The molecule has 0 amide bonds. The molecule has 1 fully saturated rings. The minimum Gasteiger partial charge on any atom is -0.497 e. The lowest BCUT2D eigenvalue weighted by Crippen LogP contribution is -2.38. The number of rotatable bonds is 6. The van der Waals surface area contributed by atoms with Crippen LogP contribution in [0.5, 0.6) is 5.75 Å². The van der Waals surface area contributed by atoms with Crippen molar-refractivity contribution in [2.75, 3.05) is 38.3 Å². The zero-order chi connectivity index (χ0) is 23.4. The van der Waals surface area contributed by atoms with Crippen molar-refractivity contribution in [1.82, 2.24) is 4.90 Å². The lowest BCUT2D eigenvalue weighted by Gasteiger charge is -2.32. The number of amidine groups is 1. The Kier molecular flexibility index (Phi) is 7.07. The molecule has 1 unspecified atom stereocenters. The number of hydrogen-bond acceptors (Lipinski definition) is 5. The predicted molar refractivity (Wildman–Crippen MR) is 118 cm³/mol. The van der Waals surface area contributed by atoms with Crippen molar-refractivity contribution in [2.24, 2.45) is 10.9 Å². The van der Waals surface area contributed by atoms with Gasteiger partial charge in [-0.3, -0.25) is 9.80 Å². The van der Waals surface area contributed by atoms with E-state index >= 15 is 0 Å². The first-order chi connectivity index (χ1) is 15.8. The maximum absolute atomic E-state index is 14.3. The normalized spacial score (nSPS) is 20.1. The molecule has 9 heteroatoms. The highest BCUT2D eigenvalue weighted by molar-refractivity contribution is 5.94. The molecule has 0 spiro atoms. The maximum atomic E-state index is 14.3. The summed E-state index contributed by atoms with van der Waals surface area (Å²) in [6.45, 7) is 2.30. The number of piperidine rings is 1. The number of methoxy groups -OCH3 is 1. The van der Waals surface area contributed by atoms with Crippen LogP contribution in [0.3, 0.4) is 0 Å². The molecule has 1 saturated heterocycles. The van der Waals surface area contributed by atoms with Crippen LogP contribution in [0.25, 0.3) is 0 Å². The minimum atomic E-state index is -4.51. The van der Waals surface area contributed by atoms with Crippen LogP contribution in [0, 0.1) is 11.7 Å². The molecule has 2 aliphatic heterocycles. The van der Waals surface area contributed by atoms with Crippen LogP contribution >= 0.6 is 0 Å². The van der Waals surface area contributed by atoms with E-state index in [-0.39, 0.29) is 24.2 Å². The molecule has 33 heavy (non-hydrogen) atoms. The fourth-order valence-corrected chi connectivity index (χ4v) is 4.19. The molecule has 4 rings (SSSR count). The third-order valence-corrected chi connectivity index (χ3v) is 6.07. The first-order valence-corrected chi connectivity index (χ1v) is 11.0. The summed E-state index contributed by atoms with van der Waals surface area (Å²) in [6.07, 6.45) is -2.79. The van der Waals surface area contributed by atoms with Gasteiger partial charge in [0.15, 0.2) is 6.04 Å². The Bertz CT molecular complexity index is 974. The molecule has 0 aliphatic carbocycles. The van der Waals surface area contributed by atoms with Crippen LogP contribution in [-0.4, -0.2) is 56.5 Å². The lowest BCUT2D eigenvalue weighted by atomic mass is 9.97. The van der Waals surface area contributed by atoms with Gasteiger partial charge in [0.05, 0.1) is 25.9 Å². The highest BCUT2D eigenvalue weighted by atomic mass is 19.4. The van der Waals surface area contributed by atoms with Crippen LogP contribution in [-0.2, 0) is 11.3 Å². The summed E-state index contributed by atoms with van der Waals surface area (Å²) in [5, 5.41) is 0. The van der Waals surface area contributed by atoms with Crippen LogP contribution < -0.4 is 9.64 Å². The molecule has 2 aromatic carbocycles. The van der Waals surface area contributed by atoms with Gasteiger partial charge in [-0.1, -0.05) is 24.3 Å². The monoisotopic (exact) mass is 465 g/mol. The zero-order valence-electron chi connectivity index (χ0n) is 18.4. The molecular formula is C24H27F4N3O2. The molecule has 0 aromatic heterocycles. The second-order valence-corrected chi connectivity index (χ2v) is 8.41. The number of hydrogen-bond donors (Lipinski definition) is 0. The third kappa shape index (κ3) is 5.76. The van der Waals surface area contributed by atoms with Crippen molar-refractivity contribution < 1.29 is 27.0 Å². The Balaban J connectivity index is 1.34. The largest absolute Gasteiger partial charge is 0.497 e. The molecule has 1 atom stereocenters. The zero-order valence-corrected chi connectivity index (χ0v) is 18.4. The topological polar surface area (TPSA) is 37.3 Å². The number of anilines is 1. The summed E-state index contributed by atoms with van der Waals surface area (Å²) in [6, 6.07) is 11.6. The Morgan fingerprint density at radius 2 is 1.82 bits per heavy atom. The number of alkyl halides is 3. The van der Waals surface area contributed by atoms with Gasteiger partial charge in [0.1, 0.15) is 11.6 Å². The minimum absolute atomic E-state index is 0.0381. The maximum Gasteiger partial charge on any atom is 0.412 e. The van der Waals surface area contributed by atoms with E-state index in [4.69, 9.17) is 9.47 Å². The number of para-hydroxylation sites is 1. The molecule has 2 aromatic rings. The Morgan fingerprint density at radius 3 is 2.52 bits per heavy atom. The van der Waals surface area contributed by atoms with E-state index in [9.17, 15) is 17.6 Å². The average Bonchev–Trinajstić information content (AvgIpc) is 3.24. The summed E-state index contributed by atoms with van der Waals surface area (Å²) in [7, 11) is 1.64. The van der Waals surface area contributed by atoms with E-state index < -0.39 is 24.6 Å². The molecule has 0 radical (unpaired) electrons. The second-order valence-electron chi connectivity index (χ2n) is 8.41. The van der Waals surface area contributed by atoms with Gasteiger partial charge in [0.2, 0.25) is 0 Å². The standard InChI is InChI=1S/C24H27F4N3O2/c1-32-19-6-4-5-18(13-19)14-30-11-9-17(10-12-30)16-33-23-29-22(24(26,27)28)15-31(23)21-8-3-2-7-20(21)25/h2-8,13,17,22H,9-12,14-16H2,1H3. The Labute approximate surface area is 190 Å². The van der Waals surface area contributed by atoms with E-state index in [1.165, 1.54) is 28.7 Å². The molecule has 0 N–H and O–H groups in total. The number of aliphatic imine (C=N–C) groups is 1. The molecule has 0 bridgehead atoms. The summed E-state index contributed by atoms with van der Waals surface area (Å²) in [5.41, 5.74) is 1.21. The van der Waals surface area contributed by atoms with Crippen LogP contribution in [0.1, 0.15) is 18.4 Å². The molecule has 5 nitrogen and oxygen atoms in total. The van der Waals surface area contributed by atoms with Crippen molar-refractivity contribution in [3.8, 4) is 5.75 Å². The summed E-state index contributed by atoms with van der Waals surface area (Å²) in [4.78, 5) is 7.26. The van der Waals surface area contributed by atoms with Crippen LogP contribution in [0.4, 0.5) is 23.2 Å². The van der Waals surface area contributed by atoms with E-state index in [0.29, 0.717) is 0 Å². The number of halogens is 4. The van der Waals surface area contributed by atoms with E-state index in [1.807, 2.05) is 18.2 Å². The highest BCUT2D eigenvalue weighted by Crippen LogP contribution is 2.32. The first kappa shape index (κ1) is 23.4. The average molecular weight is 465 g/mol. The number of ether oxygens (including phenoxy) is 2. The SMILES string of the molecule is COc1cccc(CN2CCC(COC3=NC(C(F)(F)F)CN3c3ccccc3F)CC2)c1. The smallest absolute Gasteiger partial charge is 0.412 e. The predicted octanol–water partition coefficient (Wildman–Crippen LogP) is 4.87. The quantitative estimate of drug-likeness (QED) is 0.571. The van der Waals surface area contributed by atoms with Crippen LogP contribution in [0.2, 0.25) is 0 Å². The number of likely N-dealkylation sites (tertiary alicyclic amines) is 1. The molecule has 178 valence electrons. The van der Waals surface area contributed by atoms with Crippen molar-refractivity contribution in [3.05, 3.63) is 59.9 Å². The number of benzene rings is 2. The Morgan fingerprint density at radius 1 is 1.06 bits per heavy atom. The van der Waals surface area contributed by atoms with Gasteiger partial charge < -0.3 is 9.47 Å². The van der Waals surface area contributed by atoms with Crippen molar-refractivity contribution in [1.29, 1.82) is 0 Å². The van der Waals surface area contributed by atoms with E-state index in [2.05, 4.69) is 16.0 Å². The molecule has 0 saturated carbocycles. The Hall–Kier alpha value is -2.81. The van der Waals surface area contributed by atoms with Crippen molar-refractivity contribution in [3.63, 3.8) is 0 Å². The first-order valence-electron chi connectivity index (χ1n) is 11.0. The van der Waals surface area contributed by atoms with Crippen molar-refractivity contribution >= 4 is 11.7 Å². The van der Waals surface area contributed by atoms with E-state index in [0.717, 1.165) is 38.2 Å². The number of nitrogens with zero attached hydrogens (tertiary/aromatic N) is 3. The summed E-state index contributed by atoms with van der Waals surface area (Å²) >= 11 is 0. The fourth-order valence-electron chi connectivity index (χ4n) is 4.19. The second kappa shape index (κ2) is 9.99. The van der Waals surface area contributed by atoms with Gasteiger partial charge in [-0.15, -0.1) is 0 Å². The van der Waals surface area contributed by atoms with Gasteiger partial charge in [-0.2, -0.15) is 13.2 Å². The van der Waals surface area contributed by atoms with E-state index in [1.54, 1.807) is 13.2 Å². The molecule has 2 aliphatic rings. The molecule has 2 heterocycles. The highest BCUT2D eigenvalue weighted by Gasteiger charge is 2.46.